The molecule has 0 spiro atoms. The number of esters is 1. The van der Waals surface area contributed by atoms with Gasteiger partial charge in [-0.05, 0) is 19.4 Å². The van der Waals surface area contributed by atoms with Gasteiger partial charge < -0.3 is 14.7 Å². The van der Waals surface area contributed by atoms with Crippen LogP contribution < -0.4 is 9.96 Å². The van der Waals surface area contributed by atoms with Gasteiger partial charge in [-0.3, -0.25) is 4.79 Å². The Kier molecular flexibility index (Phi) is 8.11. The predicted molar refractivity (Wildman–Crippen MR) is 87.5 cm³/mol. The molecule has 2 N–H and O–H groups in total. The van der Waals surface area contributed by atoms with Crippen LogP contribution in [0.2, 0.25) is 39.3 Å². The molecule has 0 heterocycles. The summed E-state index contributed by atoms with van der Waals surface area (Å²) in [7, 11) is -1.14. The number of carbonyl (C=O) groups is 1. The van der Waals surface area contributed by atoms with Crippen molar-refractivity contribution in [2.45, 2.75) is 64.6 Å². The molecule has 0 saturated heterocycles. The molecule has 0 fully saturated rings. The van der Waals surface area contributed by atoms with Crippen LogP contribution in [0, 0.1) is 0 Å². The van der Waals surface area contributed by atoms with E-state index in [2.05, 4.69) is 49.2 Å². The topological polar surface area (TPSA) is 50.4 Å². The average Bonchev–Trinajstić information content (AvgIpc) is 2.22. The normalized spacial score (nSPS) is 14.3. The van der Waals surface area contributed by atoms with E-state index in [-0.39, 0.29) is 12.0 Å². The van der Waals surface area contributed by atoms with Gasteiger partial charge in [0.15, 0.2) is 0 Å². The molecule has 0 aromatic rings. The fraction of sp³-hybridized carbons (Fsp3) is 0.923. The van der Waals surface area contributed by atoms with Crippen molar-refractivity contribution in [3.05, 3.63) is 0 Å². The summed E-state index contributed by atoms with van der Waals surface area (Å²) < 4.78 is 4.88. The fourth-order valence-corrected chi connectivity index (χ4v) is 4.09. The average molecular weight is 305 g/mol. The standard InChI is InChI=1S/C13H32N2O2Si2/c1-17-13(16)12(15-19(5,6)7)10-8-9-11-14-18(2,3)4/h12,14-15H,8-11H2,1-7H3/t12-/m0/s1. The van der Waals surface area contributed by atoms with Crippen LogP contribution >= 0.6 is 0 Å². The molecule has 0 aliphatic rings. The first kappa shape index (κ1) is 18.8. The second kappa shape index (κ2) is 8.19. The van der Waals surface area contributed by atoms with Gasteiger partial charge in [-0.1, -0.05) is 45.7 Å². The molecule has 6 heteroatoms. The van der Waals surface area contributed by atoms with Gasteiger partial charge in [-0.2, -0.15) is 0 Å². The number of nitrogens with one attached hydrogen (secondary N) is 2. The smallest absolute Gasteiger partial charge is 0.322 e. The van der Waals surface area contributed by atoms with E-state index in [4.69, 9.17) is 4.74 Å². The molecule has 0 unspecified atom stereocenters. The third kappa shape index (κ3) is 11.4. The monoisotopic (exact) mass is 304 g/mol. The molecule has 0 aliphatic heterocycles. The summed E-state index contributed by atoms with van der Waals surface area (Å²) in [5.41, 5.74) is 0. The minimum absolute atomic E-state index is 0.124. The summed E-state index contributed by atoms with van der Waals surface area (Å²) in [6.07, 6.45) is 3.03. The number of hydrogen-bond donors (Lipinski definition) is 2. The van der Waals surface area contributed by atoms with Gasteiger partial charge in [0.05, 0.1) is 13.2 Å². The third-order valence-corrected chi connectivity index (χ3v) is 5.19. The molecular weight excluding hydrogens is 272 g/mol. The van der Waals surface area contributed by atoms with E-state index in [0.717, 1.165) is 25.8 Å². The van der Waals surface area contributed by atoms with E-state index in [1.54, 1.807) is 0 Å². The van der Waals surface area contributed by atoms with Gasteiger partial charge in [0.1, 0.15) is 16.5 Å². The number of hydrogen-bond acceptors (Lipinski definition) is 4. The Balaban J connectivity index is 4.04. The van der Waals surface area contributed by atoms with Crippen molar-refractivity contribution in [1.29, 1.82) is 0 Å². The summed E-state index contributed by atoms with van der Waals surface area (Å²) in [4.78, 5) is 18.8. The van der Waals surface area contributed by atoms with Crippen molar-refractivity contribution < 1.29 is 9.53 Å². The first-order valence-electron chi connectivity index (χ1n) is 7.16. The highest BCUT2D eigenvalue weighted by Crippen LogP contribution is 2.07. The van der Waals surface area contributed by atoms with E-state index < -0.39 is 16.5 Å². The molecule has 1 atom stereocenters. The lowest BCUT2D eigenvalue weighted by molar-refractivity contribution is -0.142. The van der Waals surface area contributed by atoms with Crippen molar-refractivity contribution in [2.75, 3.05) is 13.7 Å². The van der Waals surface area contributed by atoms with Gasteiger partial charge in [-0.15, -0.1) is 0 Å². The molecule has 0 aromatic carbocycles. The van der Waals surface area contributed by atoms with Crippen LogP contribution in [0.5, 0.6) is 0 Å². The quantitative estimate of drug-likeness (QED) is 0.390. The lowest BCUT2D eigenvalue weighted by atomic mass is 10.1. The van der Waals surface area contributed by atoms with Crippen LogP contribution in [0.15, 0.2) is 0 Å². The molecule has 0 aliphatic carbocycles. The van der Waals surface area contributed by atoms with Crippen molar-refractivity contribution in [3.63, 3.8) is 0 Å². The summed E-state index contributed by atoms with van der Waals surface area (Å²) in [5, 5.41) is 0. The SMILES string of the molecule is COC(=O)[C@H](CCCCN[Si](C)(C)C)N[Si](C)(C)C. The molecule has 0 saturated carbocycles. The molecule has 0 amide bonds. The Hall–Kier alpha value is -0.176. The van der Waals surface area contributed by atoms with Crippen LogP contribution in [0.4, 0.5) is 0 Å². The highest BCUT2D eigenvalue weighted by Gasteiger charge is 2.25. The van der Waals surface area contributed by atoms with Crippen molar-refractivity contribution in [2.24, 2.45) is 0 Å². The largest absolute Gasteiger partial charge is 0.468 e. The maximum Gasteiger partial charge on any atom is 0.322 e. The molecule has 0 rings (SSSR count). The molecule has 0 radical (unpaired) electrons. The van der Waals surface area contributed by atoms with E-state index in [1.807, 2.05) is 0 Å². The van der Waals surface area contributed by atoms with Crippen LogP contribution in [0.3, 0.4) is 0 Å². The van der Waals surface area contributed by atoms with E-state index >= 15 is 0 Å². The van der Waals surface area contributed by atoms with Crippen LogP contribution in [-0.4, -0.2) is 42.1 Å². The van der Waals surface area contributed by atoms with Gasteiger partial charge in [-0.25, -0.2) is 0 Å². The van der Waals surface area contributed by atoms with Crippen LogP contribution in [0.1, 0.15) is 19.3 Å². The zero-order valence-electron chi connectivity index (χ0n) is 13.7. The second-order valence-corrected chi connectivity index (χ2v) is 16.8. The minimum Gasteiger partial charge on any atom is -0.468 e. The van der Waals surface area contributed by atoms with Gasteiger partial charge in [0.2, 0.25) is 0 Å². The van der Waals surface area contributed by atoms with Crippen molar-refractivity contribution in [1.82, 2.24) is 9.96 Å². The zero-order chi connectivity index (χ0) is 15.1. The Morgan fingerprint density at radius 3 is 2.05 bits per heavy atom. The van der Waals surface area contributed by atoms with E-state index in [9.17, 15) is 4.79 Å². The predicted octanol–water partition coefficient (Wildman–Crippen LogP) is 2.55. The van der Waals surface area contributed by atoms with Gasteiger partial charge in [0.25, 0.3) is 0 Å². The highest BCUT2D eigenvalue weighted by molar-refractivity contribution is 6.74. The number of carbonyl (C=O) groups excluding carboxylic acids is 1. The van der Waals surface area contributed by atoms with Crippen LogP contribution in [-0.2, 0) is 9.53 Å². The Labute approximate surface area is 120 Å². The van der Waals surface area contributed by atoms with Crippen molar-refractivity contribution >= 4 is 22.4 Å². The highest BCUT2D eigenvalue weighted by atomic mass is 28.3. The number of ether oxygens (including phenoxy) is 1. The van der Waals surface area contributed by atoms with E-state index in [1.165, 1.54) is 7.11 Å². The molecule has 0 aromatic heterocycles. The number of unbranched alkanes of at least 4 members (excludes halogenated alkanes) is 1. The summed E-state index contributed by atoms with van der Waals surface area (Å²) in [6, 6.07) is -0.136. The Morgan fingerprint density at radius 1 is 1.05 bits per heavy atom. The second-order valence-electron chi connectivity index (χ2n) is 7.14. The third-order valence-electron chi connectivity index (χ3n) is 2.67. The van der Waals surface area contributed by atoms with Crippen molar-refractivity contribution in [3.8, 4) is 0 Å². The lowest BCUT2D eigenvalue weighted by Gasteiger charge is -2.25. The summed E-state index contributed by atoms with van der Waals surface area (Å²) in [6.45, 7) is 14.6. The fourth-order valence-electron chi connectivity index (χ4n) is 1.85. The first-order chi connectivity index (χ1) is 8.55. The molecule has 19 heavy (non-hydrogen) atoms. The van der Waals surface area contributed by atoms with E-state index in [0.29, 0.717) is 0 Å². The van der Waals surface area contributed by atoms with Crippen LogP contribution in [0.25, 0.3) is 0 Å². The molecular formula is C13H32N2O2Si2. The van der Waals surface area contributed by atoms with Gasteiger partial charge >= 0.3 is 5.97 Å². The minimum atomic E-state index is -1.46. The number of methoxy groups -OCH3 is 1. The first-order valence-corrected chi connectivity index (χ1v) is 14.2. The Bertz CT molecular complexity index is 273. The van der Waals surface area contributed by atoms with Gasteiger partial charge in [0, 0.05) is 0 Å². The zero-order valence-corrected chi connectivity index (χ0v) is 15.7. The maximum absolute atomic E-state index is 11.7. The maximum atomic E-state index is 11.7. The Morgan fingerprint density at radius 2 is 1.63 bits per heavy atom. The summed E-state index contributed by atoms with van der Waals surface area (Å²) >= 11 is 0. The molecule has 114 valence electrons. The lowest BCUT2D eigenvalue weighted by Crippen LogP contribution is -2.51. The molecule has 0 bridgehead atoms. The number of rotatable bonds is 9. The summed E-state index contributed by atoms with van der Waals surface area (Å²) in [5.74, 6) is -0.124. The molecule has 4 nitrogen and oxygen atoms in total.